The highest BCUT2D eigenvalue weighted by Crippen LogP contribution is 2.35. The average molecular weight is 359 g/mol. The van der Waals surface area contributed by atoms with Crippen molar-refractivity contribution in [1.29, 1.82) is 0 Å². The van der Waals surface area contributed by atoms with E-state index in [-0.39, 0.29) is 0 Å². The van der Waals surface area contributed by atoms with Crippen molar-refractivity contribution in [1.82, 2.24) is 9.91 Å². The zero-order valence-corrected chi connectivity index (χ0v) is 15.8. The third-order valence-corrected chi connectivity index (χ3v) is 5.14. The summed E-state index contributed by atoms with van der Waals surface area (Å²) in [6, 6.07) is 18.7. The summed E-state index contributed by atoms with van der Waals surface area (Å²) in [6.45, 7) is 4.96. The van der Waals surface area contributed by atoms with Crippen LogP contribution in [-0.2, 0) is 6.42 Å². The SMILES string of the molecule is C=CN1N=C(c2ccccc2OC)N2CCCCC(Cc3ccccc3)=C12. The zero-order valence-electron chi connectivity index (χ0n) is 15.8. The van der Waals surface area contributed by atoms with Gasteiger partial charge >= 0.3 is 0 Å². The highest BCUT2D eigenvalue weighted by Gasteiger charge is 2.33. The predicted molar refractivity (Wildman–Crippen MR) is 109 cm³/mol. The minimum Gasteiger partial charge on any atom is -0.496 e. The molecule has 0 atom stereocenters. The Hall–Kier alpha value is -3.01. The van der Waals surface area contributed by atoms with Crippen LogP contribution in [0.4, 0.5) is 0 Å². The van der Waals surface area contributed by atoms with E-state index in [9.17, 15) is 0 Å². The fourth-order valence-corrected chi connectivity index (χ4v) is 3.88. The fraction of sp³-hybridized carbons (Fsp3) is 0.261. The molecule has 0 aromatic heterocycles. The van der Waals surface area contributed by atoms with Crippen molar-refractivity contribution in [3.63, 3.8) is 0 Å². The summed E-state index contributed by atoms with van der Waals surface area (Å²) in [4.78, 5) is 2.34. The second kappa shape index (κ2) is 7.70. The Kier molecular flexibility index (Phi) is 4.97. The second-order valence-electron chi connectivity index (χ2n) is 6.85. The predicted octanol–water partition coefficient (Wildman–Crippen LogP) is 4.76. The van der Waals surface area contributed by atoms with Crippen LogP contribution < -0.4 is 4.74 Å². The number of fused-ring (bicyclic) bond motifs is 1. The van der Waals surface area contributed by atoms with E-state index >= 15 is 0 Å². The Morgan fingerprint density at radius 2 is 1.85 bits per heavy atom. The molecule has 0 fully saturated rings. The molecule has 0 unspecified atom stereocenters. The standard InChI is InChI=1S/C23H25N3O/c1-3-26-23-19(17-18-11-5-4-6-12-18)13-9-10-16-25(23)22(24-26)20-14-7-8-15-21(20)27-2/h3-8,11-12,14-15H,1,9-10,13,16-17H2,2H3. The van der Waals surface area contributed by atoms with Crippen molar-refractivity contribution in [2.24, 2.45) is 5.10 Å². The maximum absolute atomic E-state index is 5.59. The number of hydrogen-bond acceptors (Lipinski definition) is 4. The first-order valence-electron chi connectivity index (χ1n) is 9.49. The van der Waals surface area contributed by atoms with Crippen molar-refractivity contribution in [3.05, 3.63) is 89.9 Å². The highest BCUT2D eigenvalue weighted by atomic mass is 16.5. The molecule has 2 heterocycles. The molecule has 0 aliphatic carbocycles. The molecule has 4 heteroatoms. The molecule has 4 rings (SSSR count). The number of nitrogens with zero attached hydrogens (tertiary/aromatic N) is 3. The van der Waals surface area contributed by atoms with Crippen molar-refractivity contribution in [2.45, 2.75) is 25.7 Å². The van der Waals surface area contributed by atoms with Crippen molar-refractivity contribution in [2.75, 3.05) is 13.7 Å². The summed E-state index contributed by atoms with van der Waals surface area (Å²) in [5.41, 5.74) is 3.76. The summed E-state index contributed by atoms with van der Waals surface area (Å²) in [5.74, 6) is 2.94. The minimum atomic E-state index is 0.843. The number of rotatable bonds is 5. The zero-order chi connectivity index (χ0) is 18.6. The molecule has 27 heavy (non-hydrogen) atoms. The summed E-state index contributed by atoms with van der Waals surface area (Å²) < 4.78 is 5.59. The van der Waals surface area contributed by atoms with Crippen LogP contribution >= 0.6 is 0 Å². The van der Waals surface area contributed by atoms with Gasteiger partial charge in [-0.2, -0.15) is 0 Å². The number of benzene rings is 2. The van der Waals surface area contributed by atoms with E-state index < -0.39 is 0 Å². The van der Waals surface area contributed by atoms with Gasteiger partial charge in [-0.25, -0.2) is 5.01 Å². The van der Waals surface area contributed by atoms with Crippen LogP contribution in [-0.4, -0.2) is 29.4 Å². The van der Waals surface area contributed by atoms with E-state index in [2.05, 4.69) is 47.9 Å². The van der Waals surface area contributed by atoms with Gasteiger partial charge in [-0.1, -0.05) is 49.0 Å². The van der Waals surface area contributed by atoms with E-state index in [0.29, 0.717) is 0 Å². The third kappa shape index (κ3) is 3.35. The maximum atomic E-state index is 5.59. The van der Waals surface area contributed by atoms with Crippen molar-refractivity contribution in [3.8, 4) is 5.75 Å². The maximum Gasteiger partial charge on any atom is 0.166 e. The summed E-state index contributed by atoms with van der Waals surface area (Å²) >= 11 is 0. The Morgan fingerprint density at radius 1 is 1.07 bits per heavy atom. The van der Waals surface area contributed by atoms with Crippen LogP contribution in [0, 0.1) is 0 Å². The van der Waals surface area contributed by atoms with Gasteiger partial charge in [0.05, 0.1) is 12.7 Å². The summed E-state index contributed by atoms with van der Waals surface area (Å²) in [6.07, 6.45) is 6.15. The second-order valence-corrected chi connectivity index (χ2v) is 6.85. The Labute approximate surface area is 161 Å². The molecule has 2 aliphatic heterocycles. The Bertz CT molecular complexity index is 886. The average Bonchev–Trinajstić information content (AvgIpc) is 2.97. The summed E-state index contributed by atoms with van der Waals surface area (Å²) in [5, 5.41) is 6.82. The molecule has 0 saturated heterocycles. The van der Waals surface area contributed by atoms with Crippen LogP contribution in [0.15, 0.2) is 83.9 Å². The molecule has 0 saturated carbocycles. The lowest BCUT2D eigenvalue weighted by Crippen LogP contribution is -2.30. The van der Waals surface area contributed by atoms with E-state index in [4.69, 9.17) is 9.84 Å². The van der Waals surface area contributed by atoms with E-state index in [1.807, 2.05) is 23.2 Å². The van der Waals surface area contributed by atoms with Gasteiger partial charge in [-0.05, 0) is 49.0 Å². The number of para-hydroxylation sites is 1. The normalized spacial score (nSPS) is 16.7. The van der Waals surface area contributed by atoms with E-state index in [1.54, 1.807) is 13.3 Å². The molecule has 0 amide bonds. The van der Waals surface area contributed by atoms with Crippen molar-refractivity contribution < 1.29 is 4.74 Å². The lowest BCUT2D eigenvalue weighted by Gasteiger charge is -2.24. The molecule has 0 radical (unpaired) electrons. The number of allylic oxidation sites excluding steroid dienone is 1. The van der Waals surface area contributed by atoms with Gasteiger partial charge in [0.2, 0.25) is 0 Å². The van der Waals surface area contributed by atoms with E-state index in [1.165, 1.54) is 17.6 Å². The van der Waals surface area contributed by atoms with Crippen LogP contribution in [0.1, 0.15) is 30.4 Å². The molecule has 4 nitrogen and oxygen atoms in total. The molecule has 2 aromatic carbocycles. The van der Waals surface area contributed by atoms with Gasteiger partial charge in [0.15, 0.2) is 5.84 Å². The number of hydrazone groups is 1. The molecule has 0 spiro atoms. The molecule has 2 aromatic rings. The largest absolute Gasteiger partial charge is 0.496 e. The van der Waals surface area contributed by atoms with Crippen LogP contribution in [0.2, 0.25) is 0 Å². The van der Waals surface area contributed by atoms with Gasteiger partial charge in [0.1, 0.15) is 11.6 Å². The van der Waals surface area contributed by atoms with E-state index in [0.717, 1.165) is 48.8 Å². The first kappa shape index (κ1) is 17.4. The lowest BCUT2D eigenvalue weighted by molar-refractivity contribution is 0.395. The fourth-order valence-electron chi connectivity index (χ4n) is 3.88. The first-order valence-corrected chi connectivity index (χ1v) is 9.49. The first-order chi connectivity index (χ1) is 13.3. The molecular formula is C23H25N3O. The van der Waals surface area contributed by atoms with Crippen LogP contribution in [0.25, 0.3) is 0 Å². The monoisotopic (exact) mass is 359 g/mol. The quantitative estimate of drug-likeness (QED) is 0.771. The Morgan fingerprint density at radius 3 is 2.63 bits per heavy atom. The van der Waals surface area contributed by atoms with Gasteiger partial charge in [-0.3, -0.25) is 0 Å². The van der Waals surface area contributed by atoms with Crippen LogP contribution in [0.5, 0.6) is 5.75 Å². The summed E-state index contributed by atoms with van der Waals surface area (Å²) in [7, 11) is 1.71. The smallest absolute Gasteiger partial charge is 0.166 e. The number of hydrogen-bond donors (Lipinski definition) is 0. The van der Waals surface area contributed by atoms with Crippen molar-refractivity contribution >= 4 is 5.84 Å². The topological polar surface area (TPSA) is 28.1 Å². The minimum absolute atomic E-state index is 0.843. The molecule has 0 bridgehead atoms. The van der Waals surface area contributed by atoms with Crippen LogP contribution in [0.3, 0.4) is 0 Å². The number of amidine groups is 1. The molecule has 2 aliphatic rings. The highest BCUT2D eigenvalue weighted by molar-refractivity contribution is 6.03. The van der Waals surface area contributed by atoms with Gasteiger partial charge in [0, 0.05) is 12.7 Å². The Balaban J connectivity index is 1.77. The lowest BCUT2D eigenvalue weighted by atomic mass is 10.0. The third-order valence-electron chi connectivity index (χ3n) is 5.14. The number of methoxy groups -OCH3 is 1. The molecule has 138 valence electrons. The molecular weight excluding hydrogens is 334 g/mol. The van der Waals surface area contributed by atoms with Gasteiger partial charge in [-0.15, -0.1) is 5.10 Å². The number of ether oxygens (including phenoxy) is 1. The van der Waals surface area contributed by atoms with Gasteiger partial charge < -0.3 is 9.64 Å². The van der Waals surface area contributed by atoms with Gasteiger partial charge in [0.25, 0.3) is 0 Å². The molecule has 0 N–H and O–H groups in total.